The molecule has 102 valence electrons. The Hall–Kier alpha value is -1.91. The van der Waals surface area contributed by atoms with Crippen molar-refractivity contribution in [2.75, 3.05) is 13.1 Å². The van der Waals surface area contributed by atoms with Crippen LogP contribution in [-0.2, 0) is 0 Å². The zero-order chi connectivity index (χ0) is 13.8. The number of piperidine rings is 1. The number of pyridine rings is 1. The summed E-state index contributed by atoms with van der Waals surface area (Å²) in [5, 5.41) is 8.76. The standard InChI is InChI=1S/C14H18N2O3/c1-2-10-5-7-16(8-6-10)13(17)11-3-4-12(14(18)19)15-9-11/h3-4,9-10H,2,5-8H2,1H3,(H,18,19). The molecule has 0 bridgehead atoms. The second kappa shape index (κ2) is 5.82. The molecule has 0 spiro atoms. The number of aromatic carboxylic acids is 1. The van der Waals surface area contributed by atoms with Crippen LogP contribution < -0.4 is 0 Å². The highest BCUT2D eigenvalue weighted by molar-refractivity contribution is 5.94. The molecule has 1 aliphatic rings. The summed E-state index contributed by atoms with van der Waals surface area (Å²) in [5.74, 6) is -0.418. The van der Waals surface area contributed by atoms with E-state index in [0.717, 1.165) is 38.3 Å². The van der Waals surface area contributed by atoms with Crippen LogP contribution >= 0.6 is 0 Å². The minimum Gasteiger partial charge on any atom is -0.477 e. The van der Waals surface area contributed by atoms with Crippen LogP contribution in [0.2, 0.25) is 0 Å². The average molecular weight is 262 g/mol. The monoisotopic (exact) mass is 262 g/mol. The molecule has 0 radical (unpaired) electrons. The second-order valence-electron chi connectivity index (χ2n) is 4.88. The fraction of sp³-hybridized carbons (Fsp3) is 0.500. The predicted octanol–water partition coefficient (Wildman–Crippen LogP) is 2.04. The Morgan fingerprint density at radius 2 is 2.05 bits per heavy atom. The van der Waals surface area contributed by atoms with Crippen LogP contribution in [0.4, 0.5) is 0 Å². The fourth-order valence-corrected chi connectivity index (χ4v) is 2.37. The molecule has 1 amide bonds. The molecule has 0 aliphatic carbocycles. The van der Waals surface area contributed by atoms with Crippen molar-refractivity contribution in [3.05, 3.63) is 29.6 Å². The highest BCUT2D eigenvalue weighted by Gasteiger charge is 2.22. The lowest BCUT2D eigenvalue weighted by atomic mass is 9.94. The maximum absolute atomic E-state index is 12.2. The van der Waals surface area contributed by atoms with Crippen LogP contribution in [-0.4, -0.2) is 40.0 Å². The number of hydrogen-bond donors (Lipinski definition) is 1. The highest BCUT2D eigenvalue weighted by atomic mass is 16.4. The molecule has 1 fully saturated rings. The van der Waals surface area contributed by atoms with Gasteiger partial charge in [0.25, 0.3) is 5.91 Å². The van der Waals surface area contributed by atoms with Gasteiger partial charge in [-0.2, -0.15) is 0 Å². The predicted molar refractivity (Wildman–Crippen MR) is 70.1 cm³/mol. The molecule has 5 nitrogen and oxygen atoms in total. The number of amides is 1. The Kier molecular flexibility index (Phi) is 4.14. The van der Waals surface area contributed by atoms with E-state index in [1.54, 1.807) is 0 Å². The maximum atomic E-state index is 12.2. The summed E-state index contributed by atoms with van der Waals surface area (Å²) in [6.07, 6.45) is 4.60. The fourth-order valence-electron chi connectivity index (χ4n) is 2.37. The van der Waals surface area contributed by atoms with Crippen molar-refractivity contribution in [1.29, 1.82) is 0 Å². The molecule has 1 aliphatic heterocycles. The average Bonchev–Trinajstić information content (AvgIpc) is 2.46. The number of rotatable bonds is 3. The summed E-state index contributed by atoms with van der Waals surface area (Å²) < 4.78 is 0. The Labute approximate surface area is 112 Å². The molecule has 1 aromatic rings. The number of carboxylic acids is 1. The quantitative estimate of drug-likeness (QED) is 0.905. The molecule has 2 rings (SSSR count). The molecule has 1 aromatic heterocycles. The van der Waals surface area contributed by atoms with Crippen molar-refractivity contribution in [3.63, 3.8) is 0 Å². The lowest BCUT2D eigenvalue weighted by molar-refractivity contribution is 0.0674. The minimum absolute atomic E-state index is 0.0405. The zero-order valence-electron chi connectivity index (χ0n) is 11.0. The SMILES string of the molecule is CCC1CCN(C(=O)c2ccc(C(=O)O)nc2)CC1. The van der Waals surface area contributed by atoms with E-state index in [-0.39, 0.29) is 11.6 Å². The van der Waals surface area contributed by atoms with Gasteiger partial charge in [0.05, 0.1) is 5.56 Å². The van der Waals surface area contributed by atoms with Crippen LogP contribution in [0.3, 0.4) is 0 Å². The van der Waals surface area contributed by atoms with Crippen molar-refractivity contribution in [1.82, 2.24) is 9.88 Å². The number of hydrogen-bond acceptors (Lipinski definition) is 3. The molecular weight excluding hydrogens is 244 g/mol. The van der Waals surface area contributed by atoms with Crippen LogP contribution in [0.1, 0.15) is 47.0 Å². The van der Waals surface area contributed by atoms with E-state index in [0.29, 0.717) is 5.56 Å². The van der Waals surface area contributed by atoms with Gasteiger partial charge in [0.15, 0.2) is 0 Å². The Morgan fingerprint density at radius 1 is 1.37 bits per heavy atom. The van der Waals surface area contributed by atoms with E-state index >= 15 is 0 Å². The lowest BCUT2D eigenvalue weighted by Gasteiger charge is -2.31. The molecule has 19 heavy (non-hydrogen) atoms. The van der Waals surface area contributed by atoms with Gasteiger partial charge in [0, 0.05) is 19.3 Å². The first-order valence-corrected chi connectivity index (χ1v) is 6.60. The van der Waals surface area contributed by atoms with Gasteiger partial charge in [-0.15, -0.1) is 0 Å². The molecule has 5 heteroatoms. The molecule has 2 heterocycles. The maximum Gasteiger partial charge on any atom is 0.354 e. The molecule has 0 atom stereocenters. The molecule has 1 saturated heterocycles. The van der Waals surface area contributed by atoms with Crippen LogP contribution in [0.15, 0.2) is 18.3 Å². The van der Waals surface area contributed by atoms with Crippen LogP contribution in [0.25, 0.3) is 0 Å². The minimum atomic E-state index is -1.08. The summed E-state index contributed by atoms with van der Waals surface area (Å²) in [5.41, 5.74) is 0.418. The van der Waals surface area contributed by atoms with E-state index < -0.39 is 5.97 Å². The van der Waals surface area contributed by atoms with Gasteiger partial charge in [-0.05, 0) is 30.9 Å². The van der Waals surface area contributed by atoms with Gasteiger partial charge < -0.3 is 10.0 Å². The first-order chi connectivity index (χ1) is 9.11. The smallest absolute Gasteiger partial charge is 0.354 e. The van der Waals surface area contributed by atoms with Gasteiger partial charge in [-0.1, -0.05) is 13.3 Å². The summed E-state index contributed by atoms with van der Waals surface area (Å²) in [6, 6.07) is 2.90. The number of carboxylic acid groups (broad SMARTS) is 1. The largest absolute Gasteiger partial charge is 0.477 e. The normalized spacial score (nSPS) is 16.4. The first-order valence-electron chi connectivity index (χ1n) is 6.60. The van der Waals surface area contributed by atoms with Gasteiger partial charge in [-0.25, -0.2) is 9.78 Å². The van der Waals surface area contributed by atoms with Crippen molar-refractivity contribution in [3.8, 4) is 0 Å². The van der Waals surface area contributed by atoms with Gasteiger partial charge in [-0.3, -0.25) is 4.79 Å². The molecule has 0 saturated carbocycles. The van der Waals surface area contributed by atoms with E-state index in [1.165, 1.54) is 18.3 Å². The van der Waals surface area contributed by atoms with Crippen molar-refractivity contribution < 1.29 is 14.7 Å². The third-order valence-corrected chi connectivity index (χ3v) is 3.71. The lowest BCUT2D eigenvalue weighted by Crippen LogP contribution is -2.38. The third kappa shape index (κ3) is 3.10. The van der Waals surface area contributed by atoms with Gasteiger partial charge in [0.2, 0.25) is 0 Å². The van der Waals surface area contributed by atoms with Gasteiger partial charge in [0.1, 0.15) is 5.69 Å². The van der Waals surface area contributed by atoms with E-state index in [9.17, 15) is 9.59 Å². The summed E-state index contributed by atoms with van der Waals surface area (Å²) in [7, 11) is 0. The number of carbonyl (C=O) groups excluding carboxylic acids is 1. The van der Waals surface area contributed by atoms with E-state index in [2.05, 4.69) is 11.9 Å². The van der Waals surface area contributed by atoms with E-state index in [4.69, 9.17) is 5.11 Å². The topological polar surface area (TPSA) is 70.5 Å². The van der Waals surface area contributed by atoms with Crippen LogP contribution in [0, 0.1) is 5.92 Å². The number of nitrogens with zero attached hydrogens (tertiary/aromatic N) is 2. The van der Waals surface area contributed by atoms with E-state index in [1.807, 2.05) is 4.90 Å². The Balaban J connectivity index is 2.02. The molecule has 1 N–H and O–H groups in total. The Bertz CT molecular complexity index is 462. The number of carbonyl (C=O) groups is 2. The summed E-state index contributed by atoms with van der Waals surface area (Å²) in [6.45, 7) is 3.73. The molecule has 0 aromatic carbocycles. The third-order valence-electron chi connectivity index (χ3n) is 3.71. The molecular formula is C14H18N2O3. The number of likely N-dealkylation sites (tertiary alicyclic amines) is 1. The van der Waals surface area contributed by atoms with Gasteiger partial charge >= 0.3 is 5.97 Å². The first kappa shape index (κ1) is 13.5. The Morgan fingerprint density at radius 3 is 2.53 bits per heavy atom. The van der Waals surface area contributed by atoms with Crippen molar-refractivity contribution in [2.24, 2.45) is 5.92 Å². The second-order valence-corrected chi connectivity index (χ2v) is 4.88. The molecule has 0 unspecified atom stereocenters. The zero-order valence-corrected chi connectivity index (χ0v) is 11.0. The summed E-state index contributed by atoms with van der Waals surface area (Å²) >= 11 is 0. The van der Waals surface area contributed by atoms with Crippen LogP contribution in [0.5, 0.6) is 0 Å². The van der Waals surface area contributed by atoms with Crippen molar-refractivity contribution in [2.45, 2.75) is 26.2 Å². The summed E-state index contributed by atoms with van der Waals surface area (Å²) in [4.78, 5) is 28.5. The van der Waals surface area contributed by atoms with Crippen molar-refractivity contribution >= 4 is 11.9 Å². The highest BCUT2D eigenvalue weighted by Crippen LogP contribution is 2.21. The number of aromatic nitrogens is 1.